The van der Waals surface area contributed by atoms with E-state index in [1.807, 2.05) is 60.4 Å². The van der Waals surface area contributed by atoms with Crippen molar-refractivity contribution in [2.45, 2.75) is 56.2 Å². The van der Waals surface area contributed by atoms with Gasteiger partial charge in [0.15, 0.2) is 0 Å². The topological polar surface area (TPSA) is 103 Å². The van der Waals surface area contributed by atoms with Crippen molar-refractivity contribution in [3.8, 4) is 11.5 Å². The molecule has 3 unspecified atom stereocenters. The summed E-state index contributed by atoms with van der Waals surface area (Å²) in [6.07, 6.45) is 2.50. The van der Waals surface area contributed by atoms with Crippen molar-refractivity contribution < 1.29 is 19.4 Å². The third-order valence-corrected chi connectivity index (χ3v) is 8.85. The first-order valence-electron chi connectivity index (χ1n) is 12.5. The van der Waals surface area contributed by atoms with Gasteiger partial charge in [-0.15, -0.1) is 0 Å². The Morgan fingerprint density at radius 3 is 2.72 bits per heavy atom. The molecule has 8 nitrogen and oxygen atoms in total. The summed E-state index contributed by atoms with van der Waals surface area (Å²) in [4.78, 5) is 29.1. The summed E-state index contributed by atoms with van der Waals surface area (Å²) in [6, 6.07) is 15.1. The molecule has 1 saturated carbocycles. The number of aliphatic hydroxyl groups is 1. The molecular weight excluding hydrogens is 476 g/mol. The molecule has 0 radical (unpaired) electrons. The maximum absolute atomic E-state index is 13.5. The number of para-hydroxylation sites is 1. The predicted octanol–water partition coefficient (Wildman–Crippen LogP) is 3.61. The Balaban J connectivity index is 1.25. The summed E-state index contributed by atoms with van der Waals surface area (Å²) in [5, 5.41) is 19.5. The molecule has 0 aromatic heterocycles. The third-order valence-electron chi connectivity index (χ3n) is 7.49. The molecule has 0 spiro atoms. The van der Waals surface area contributed by atoms with Crippen LogP contribution in [0, 0.1) is 12.8 Å². The molecule has 188 valence electrons. The monoisotopic (exact) mass is 506 g/mol. The second-order valence-electron chi connectivity index (χ2n) is 9.92. The highest BCUT2D eigenvalue weighted by molar-refractivity contribution is 8.04. The Hall–Kier alpha value is -3.01. The fourth-order valence-corrected chi connectivity index (χ4v) is 7.23. The number of rotatable bonds is 5. The van der Waals surface area contributed by atoms with Crippen LogP contribution in [-0.4, -0.2) is 47.2 Å². The second kappa shape index (κ2) is 9.46. The fraction of sp³-hybridized carbons (Fsp3) is 0.407. The fourth-order valence-electron chi connectivity index (χ4n) is 5.83. The number of piperidine rings is 1. The molecule has 2 saturated heterocycles. The van der Waals surface area contributed by atoms with Crippen molar-refractivity contribution >= 4 is 29.4 Å². The number of benzene rings is 2. The van der Waals surface area contributed by atoms with Crippen LogP contribution in [-0.2, 0) is 4.79 Å². The summed E-state index contributed by atoms with van der Waals surface area (Å²) in [7, 11) is 0. The van der Waals surface area contributed by atoms with Crippen LogP contribution < -0.4 is 25.6 Å². The van der Waals surface area contributed by atoms with E-state index in [2.05, 4.69) is 16.0 Å². The molecule has 4 N–H and O–H groups in total. The maximum atomic E-state index is 13.5. The van der Waals surface area contributed by atoms with Crippen LogP contribution in [0.25, 0.3) is 0 Å². The van der Waals surface area contributed by atoms with E-state index in [0.717, 1.165) is 47.8 Å². The third kappa shape index (κ3) is 4.25. The lowest BCUT2D eigenvalue weighted by Gasteiger charge is -2.46. The predicted molar refractivity (Wildman–Crippen MR) is 139 cm³/mol. The van der Waals surface area contributed by atoms with Crippen LogP contribution in [0.2, 0.25) is 0 Å². The number of thioether (sulfide) groups is 1. The van der Waals surface area contributed by atoms with Crippen molar-refractivity contribution in [1.29, 1.82) is 0 Å². The van der Waals surface area contributed by atoms with Crippen molar-refractivity contribution in [3.63, 3.8) is 0 Å². The highest BCUT2D eigenvalue weighted by Gasteiger charge is 2.52. The Bertz CT molecular complexity index is 1220. The zero-order chi connectivity index (χ0) is 24.8. The Morgan fingerprint density at radius 1 is 1.14 bits per heavy atom. The molecule has 3 heterocycles. The Labute approximate surface area is 214 Å². The van der Waals surface area contributed by atoms with Crippen LogP contribution in [0.3, 0.4) is 0 Å². The molecule has 36 heavy (non-hydrogen) atoms. The number of carbonyl (C=O) groups is 2. The molecule has 2 aromatic rings. The molecule has 5 atom stereocenters. The van der Waals surface area contributed by atoms with Gasteiger partial charge in [0.25, 0.3) is 5.91 Å². The van der Waals surface area contributed by atoms with E-state index in [1.54, 1.807) is 0 Å². The van der Waals surface area contributed by atoms with Crippen LogP contribution in [0.1, 0.15) is 31.2 Å². The first-order valence-corrected chi connectivity index (χ1v) is 13.4. The standard InChI is InChI=1S/C27H30N4O4S/c1-15-13-19(35-18-5-3-2-4-6-18)9-10-20(15)31-21-11-12-28-26-22(21)23(30-27(31)34)24(36-26)25(33)29-16-7-8-17(32)14-16/h2-6,9-10,13,16-17,21-22,26,28,32H,7-8,11-12,14H2,1H3,(H,29,33)(H,30,34)/t16-,17+,21?,22?,26?/m0/s1. The number of hydrogen-bond donors (Lipinski definition) is 4. The van der Waals surface area contributed by atoms with E-state index in [1.165, 1.54) is 11.8 Å². The van der Waals surface area contributed by atoms with Crippen molar-refractivity contribution in [2.24, 2.45) is 5.92 Å². The molecule has 9 heteroatoms. The molecule has 3 amide bonds. The Morgan fingerprint density at radius 2 is 1.97 bits per heavy atom. The van der Waals surface area contributed by atoms with Gasteiger partial charge < -0.3 is 25.8 Å². The van der Waals surface area contributed by atoms with Gasteiger partial charge in [0.05, 0.1) is 22.4 Å². The number of anilines is 1. The van der Waals surface area contributed by atoms with Gasteiger partial charge in [-0.05, 0) is 75.0 Å². The lowest BCUT2D eigenvalue weighted by atomic mass is 9.86. The highest BCUT2D eigenvalue weighted by Crippen LogP contribution is 2.48. The molecule has 4 aliphatic rings. The zero-order valence-corrected chi connectivity index (χ0v) is 20.9. The van der Waals surface area contributed by atoms with Crippen LogP contribution in [0.4, 0.5) is 10.5 Å². The van der Waals surface area contributed by atoms with Crippen molar-refractivity contribution in [1.82, 2.24) is 16.0 Å². The van der Waals surface area contributed by atoms with E-state index in [9.17, 15) is 14.7 Å². The van der Waals surface area contributed by atoms with E-state index in [-0.39, 0.29) is 41.4 Å². The molecule has 3 aliphatic heterocycles. The zero-order valence-electron chi connectivity index (χ0n) is 20.1. The number of ether oxygens (including phenoxy) is 1. The van der Waals surface area contributed by atoms with Gasteiger partial charge in [-0.25, -0.2) is 4.79 Å². The van der Waals surface area contributed by atoms with Crippen molar-refractivity contribution in [2.75, 3.05) is 11.4 Å². The quantitative estimate of drug-likeness (QED) is 0.494. The van der Waals surface area contributed by atoms with Crippen LogP contribution >= 0.6 is 11.8 Å². The van der Waals surface area contributed by atoms with Gasteiger partial charge in [-0.3, -0.25) is 9.69 Å². The molecule has 3 fully saturated rings. The summed E-state index contributed by atoms with van der Waals surface area (Å²) in [5.41, 5.74) is 2.52. The molecule has 1 aliphatic carbocycles. The largest absolute Gasteiger partial charge is 0.457 e. The Kier molecular flexibility index (Phi) is 6.15. The average Bonchev–Trinajstić information content (AvgIpc) is 3.44. The lowest BCUT2D eigenvalue weighted by molar-refractivity contribution is -0.117. The van der Waals surface area contributed by atoms with E-state index >= 15 is 0 Å². The highest BCUT2D eigenvalue weighted by atomic mass is 32.2. The summed E-state index contributed by atoms with van der Waals surface area (Å²) in [5.74, 6) is 1.32. The number of carbonyl (C=O) groups excluding carboxylic acids is 2. The SMILES string of the molecule is Cc1cc(Oc2ccccc2)ccc1N1C(=O)NC2=C(C(=O)N[C@H]3CC[C@@H](O)C3)SC3NCCC1C23. The van der Waals surface area contributed by atoms with Gasteiger partial charge in [0.1, 0.15) is 11.5 Å². The summed E-state index contributed by atoms with van der Waals surface area (Å²) in [6.45, 7) is 2.76. The van der Waals surface area contributed by atoms with Gasteiger partial charge in [0.2, 0.25) is 0 Å². The van der Waals surface area contributed by atoms with Crippen LogP contribution in [0.15, 0.2) is 59.1 Å². The number of hydrogen-bond acceptors (Lipinski definition) is 6. The number of urea groups is 1. The maximum Gasteiger partial charge on any atom is 0.326 e. The number of nitrogens with zero attached hydrogens (tertiary/aromatic N) is 1. The average molecular weight is 507 g/mol. The van der Waals surface area contributed by atoms with E-state index in [4.69, 9.17) is 4.74 Å². The normalized spacial score (nSPS) is 29.1. The number of aryl methyl sites for hydroxylation is 1. The first-order chi connectivity index (χ1) is 17.5. The summed E-state index contributed by atoms with van der Waals surface area (Å²) >= 11 is 1.50. The lowest BCUT2D eigenvalue weighted by Crippen LogP contribution is -2.62. The number of amides is 3. The second-order valence-corrected chi connectivity index (χ2v) is 11.1. The number of nitrogens with one attached hydrogen (secondary N) is 3. The molecular formula is C27H30N4O4S. The first kappa shape index (κ1) is 23.4. The van der Waals surface area contributed by atoms with Gasteiger partial charge in [0, 0.05) is 23.3 Å². The molecule has 2 aromatic carbocycles. The van der Waals surface area contributed by atoms with E-state index in [0.29, 0.717) is 17.7 Å². The van der Waals surface area contributed by atoms with Gasteiger partial charge in [-0.2, -0.15) is 0 Å². The minimum Gasteiger partial charge on any atom is -0.457 e. The smallest absolute Gasteiger partial charge is 0.326 e. The van der Waals surface area contributed by atoms with Crippen LogP contribution in [0.5, 0.6) is 11.5 Å². The molecule has 0 bridgehead atoms. The summed E-state index contributed by atoms with van der Waals surface area (Å²) < 4.78 is 5.98. The minimum atomic E-state index is -0.353. The van der Waals surface area contributed by atoms with Gasteiger partial charge >= 0.3 is 6.03 Å². The minimum absolute atomic E-state index is 0.00369. The van der Waals surface area contributed by atoms with E-state index < -0.39 is 0 Å². The van der Waals surface area contributed by atoms with Crippen molar-refractivity contribution in [3.05, 3.63) is 64.7 Å². The molecule has 6 rings (SSSR count). The van der Waals surface area contributed by atoms with Gasteiger partial charge in [-0.1, -0.05) is 30.0 Å². The number of aliphatic hydroxyl groups excluding tert-OH is 1.